The molecule has 21 heavy (non-hydrogen) atoms. The molecule has 1 amide bonds. The number of fused-ring (bicyclic) bond motifs is 1. The first kappa shape index (κ1) is 15.7. The topological polar surface area (TPSA) is 32.3 Å². The SMILES string of the molecule is CCCN(C(=O)CC(F)(F)F)C1CCc2ccccc2N1. The lowest BCUT2D eigenvalue weighted by Gasteiger charge is -2.36. The highest BCUT2D eigenvalue weighted by Crippen LogP contribution is 2.28. The number of amides is 1. The van der Waals surface area contributed by atoms with Gasteiger partial charge in [0.25, 0.3) is 0 Å². The molecule has 0 radical (unpaired) electrons. The van der Waals surface area contributed by atoms with Crippen LogP contribution in [0.15, 0.2) is 24.3 Å². The monoisotopic (exact) mass is 300 g/mol. The number of halogens is 3. The smallest absolute Gasteiger partial charge is 0.365 e. The van der Waals surface area contributed by atoms with E-state index < -0.39 is 18.5 Å². The Bertz CT molecular complexity index is 502. The number of anilines is 1. The number of hydrogen-bond acceptors (Lipinski definition) is 2. The number of benzene rings is 1. The van der Waals surface area contributed by atoms with Gasteiger partial charge in [-0.1, -0.05) is 25.1 Å². The standard InChI is InChI=1S/C15H19F3N2O/c1-2-9-20(14(21)10-15(16,17)18)13-8-7-11-5-3-4-6-12(11)19-13/h3-6,13,19H,2,7-10H2,1H3. The largest absolute Gasteiger partial charge is 0.397 e. The van der Waals surface area contributed by atoms with Crippen LogP contribution < -0.4 is 5.32 Å². The van der Waals surface area contributed by atoms with Gasteiger partial charge in [0.05, 0.1) is 0 Å². The molecule has 1 aromatic carbocycles. The first-order valence-corrected chi connectivity index (χ1v) is 7.11. The summed E-state index contributed by atoms with van der Waals surface area (Å²) in [7, 11) is 0. The Morgan fingerprint density at radius 1 is 1.38 bits per heavy atom. The number of carbonyl (C=O) groups excluding carboxylic acids is 1. The molecule has 1 aliphatic heterocycles. The Balaban J connectivity index is 2.11. The lowest BCUT2D eigenvalue weighted by molar-refractivity contribution is -0.162. The Kier molecular flexibility index (Phi) is 4.75. The van der Waals surface area contributed by atoms with Crippen LogP contribution in [0.5, 0.6) is 0 Å². The molecule has 3 nitrogen and oxygen atoms in total. The maximum absolute atomic E-state index is 12.4. The Morgan fingerprint density at radius 2 is 2.10 bits per heavy atom. The zero-order valence-electron chi connectivity index (χ0n) is 11.9. The molecule has 0 saturated carbocycles. The minimum Gasteiger partial charge on any atom is -0.365 e. The number of hydrogen-bond donors (Lipinski definition) is 1. The third kappa shape index (κ3) is 4.12. The number of rotatable bonds is 4. The second-order valence-corrected chi connectivity index (χ2v) is 5.24. The number of para-hydroxylation sites is 1. The first-order chi connectivity index (χ1) is 9.90. The molecule has 0 spiro atoms. The van der Waals surface area contributed by atoms with Gasteiger partial charge in [-0.15, -0.1) is 0 Å². The summed E-state index contributed by atoms with van der Waals surface area (Å²) in [6.07, 6.45) is -4.21. The third-order valence-electron chi connectivity index (χ3n) is 3.54. The molecule has 0 bridgehead atoms. The summed E-state index contributed by atoms with van der Waals surface area (Å²) >= 11 is 0. The summed E-state index contributed by atoms with van der Waals surface area (Å²) in [4.78, 5) is 13.2. The zero-order valence-corrected chi connectivity index (χ0v) is 11.9. The lowest BCUT2D eigenvalue weighted by Crippen LogP contribution is -2.48. The summed E-state index contributed by atoms with van der Waals surface area (Å²) in [6, 6.07) is 7.68. The number of carbonyl (C=O) groups is 1. The van der Waals surface area contributed by atoms with E-state index in [1.807, 2.05) is 31.2 Å². The Labute approximate surface area is 122 Å². The highest BCUT2D eigenvalue weighted by Gasteiger charge is 2.36. The van der Waals surface area contributed by atoms with Crippen LogP contribution in [0.1, 0.15) is 31.7 Å². The lowest BCUT2D eigenvalue weighted by atomic mass is 10.0. The number of aryl methyl sites for hydroxylation is 1. The fourth-order valence-electron chi connectivity index (χ4n) is 2.63. The van der Waals surface area contributed by atoms with Gasteiger partial charge in [-0.2, -0.15) is 13.2 Å². The molecule has 1 aromatic rings. The molecule has 0 fully saturated rings. The second-order valence-electron chi connectivity index (χ2n) is 5.24. The van der Waals surface area contributed by atoms with Gasteiger partial charge in [-0.3, -0.25) is 4.79 Å². The van der Waals surface area contributed by atoms with Gasteiger partial charge in [0.15, 0.2) is 0 Å². The van der Waals surface area contributed by atoms with E-state index in [1.165, 1.54) is 4.90 Å². The van der Waals surface area contributed by atoms with Crippen molar-refractivity contribution in [2.75, 3.05) is 11.9 Å². The molecule has 1 atom stereocenters. The van der Waals surface area contributed by atoms with Crippen molar-refractivity contribution in [3.05, 3.63) is 29.8 Å². The van der Waals surface area contributed by atoms with Gasteiger partial charge in [-0.05, 0) is 30.9 Å². The van der Waals surface area contributed by atoms with Crippen LogP contribution in [0.4, 0.5) is 18.9 Å². The van der Waals surface area contributed by atoms with Crippen LogP contribution in [0.3, 0.4) is 0 Å². The molecule has 1 unspecified atom stereocenters. The highest BCUT2D eigenvalue weighted by molar-refractivity contribution is 5.77. The maximum atomic E-state index is 12.4. The fraction of sp³-hybridized carbons (Fsp3) is 0.533. The van der Waals surface area contributed by atoms with Crippen molar-refractivity contribution in [3.8, 4) is 0 Å². The van der Waals surface area contributed by atoms with E-state index in [0.717, 1.165) is 17.7 Å². The molecule has 2 rings (SSSR count). The van der Waals surface area contributed by atoms with Gasteiger partial charge in [-0.25, -0.2) is 0 Å². The quantitative estimate of drug-likeness (QED) is 0.922. The van der Waals surface area contributed by atoms with Gasteiger partial charge in [0.2, 0.25) is 5.91 Å². The van der Waals surface area contributed by atoms with Crippen molar-refractivity contribution in [3.63, 3.8) is 0 Å². The summed E-state index contributed by atoms with van der Waals surface area (Å²) in [5.74, 6) is -0.860. The van der Waals surface area contributed by atoms with Gasteiger partial charge < -0.3 is 10.2 Å². The Morgan fingerprint density at radius 3 is 2.76 bits per heavy atom. The van der Waals surface area contributed by atoms with Crippen molar-refractivity contribution in [1.82, 2.24) is 4.90 Å². The van der Waals surface area contributed by atoms with E-state index in [4.69, 9.17) is 0 Å². The first-order valence-electron chi connectivity index (χ1n) is 7.11. The van der Waals surface area contributed by atoms with Gasteiger partial charge >= 0.3 is 6.18 Å². The molecular formula is C15H19F3N2O. The van der Waals surface area contributed by atoms with Crippen LogP contribution in [-0.2, 0) is 11.2 Å². The average Bonchev–Trinajstić information content (AvgIpc) is 2.42. The predicted molar refractivity (Wildman–Crippen MR) is 74.8 cm³/mol. The summed E-state index contributed by atoms with van der Waals surface area (Å²) < 4.78 is 37.3. The summed E-state index contributed by atoms with van der Waals surface area (Å²) in [5.41, 5.74) is 2.03. The van der Waals surface area contributed by atoms with E-state index in [2.05, 4.69) is 5.32 Å². The Hall–Kier alpha value is -1.72. The molecular weight excluding hydrogens is 281 g/mol. The van der Waals surface area contributed by atoms with Gasteiger partial charge in [0, 0.05) is 12.2 Å². The van der Waals surface area contributed by atoms with E-state index in [1.54, 1.807) is 0 Å². The van der Waals surface area contributed by atoms with Crippen molar-refractivity contribution in [1.29, 1.82) is 0 Å². The van der Waals surface area contributed by atoms with E-state index >= 15 is 0 Å². The molecule has 1 heterocycles. The molecule has 0 saturated heterocycles. The minimum absolute atomic E-state index is 0.328. The molecule has 1 aliphatic rings. The van der Waals surface area contributed by atoms with Gasteiger partial charge in [0.1, 0.15) is 12.6 Å². The molecule has 0 aromatic heterocycles. The predicted octanol–water partition coefficient (Wildman–Crippen LogP) is 3.56. The highest BCUT2D eigenvalue weighted by atomic mass is 19.4. The maximum Gasteiger partial charge on any atom is 0.397 e. The zero-order chi connectivity index (χ0) is 15.5. The number of nitrogens with one attached hydrogen (secondary N) is 1. The van der Waals surface area contributed by atoms with E-state index in [-0.39, 0.29) is 6.17 Å². The van der Waals surface area contributed by atoms with Crippen molar-refractivity contribution in [2.24, 2.45) is 0 Å². The number of nitrogens with zero attached hydrogens (tertiary/aromatic N) is 1. The van der Waals surface area contributed by atoms with Crippen LogP contribution in [0.2, 0.25) is 0 Å². The molecule has 6 heteroatoms. The minimum atomic E-state index is -4.46. The van der Waals surface area contributed by atoms with E-state index in [0.29, 0.717) is 19.4 Å². The molecule has 1 N–H and O–H groups in total. The van der Waals surface area contributed by atoms with Crippen LogP contribution in [-0.4, -0.2) is 29.7 Å². The van der Waals surface area contributed by atoms with Crippen molar-refractivity contribution < 1.29 is 18.0 Å². The molecule has 0 aliphatic carbocycles. The summed E-state index contributed by atoms with van der Waals surface area (Å²) in [5, 5.41) is 3.19. The second kappa shape index (κ2) is 6.37. The van der Waals surface area contributed by atoms with Crippen molar-refractivity contribution in [2.45, 2.75) is 44.9 Å². The van der Waals surface area contributed by atoms with E-state index in [9.17, 15) is 18.0 Å². The normalized spacial score (nSPS) is 17.8. The fourth-order valence-corrected chi connectivity index (χ4v) is 2.63. The summed E-state index contributed by atoms with van der Waals surface area (Å²) in [6.45, 7) is 2.18. The third-order valence-corrected chi connectivity index (χ3v) is 3.54. The van der Waals surface area contributed by atoms with Crippen LogP contribution in [0, 0.1) is 0 Å². The van der Waals surface area contributed by atoms with Crippen LogP contribution >= 0.6 is 0 Å². The van der Waals surface area contributed by atoms with Crippen LogP contribution in [0.25, 0.3) is 0 Å². The number of alkyl halides is 3. The molecule has 116 valence electrons. The van der Waals surface area contributed by atoms with Crippen molar-refractivity contribution >= 4 is 11.6 Å². The average molecular weight is 300 g/mol.